The van der Waals surface area contributed by atoms with Gasteiger partial charge in [-0.15, -0.1) is 23.5 Å². The maximum atomic E-state index is 14.4. The summed E-state index contributed by atoms with van der Waals surface area (Å²) >= 11 is 3.90. The summed E-state index contributed by atoms with van der Waals surface area (Å²) in [6, 6.07) is 13.0. The van der Waals surface area contributed by atoms with Crippen LogP contribution in [0.2, 0.25) is 0 Å². The number of nitrogens with zero attached hydrogens (tertiary/aromatic N) is 2. The number of nitrogens with one attached hydrogen (secondary N) is 1. The molecule has 0 atom stereocenters. The van der Waals surface area contributed by atoms with Crippen LogP contribution in [0.1, 0.15) is 35.0 Å². The third-order valence-electron chi connectivity index (χ3n) is 5.24. The molecule has 2 aromatic rings. The molecular formula is C23H26FN3O2S2. The van der Waals surface area contributed by atoms with Crippen LogP contribution in [0.25, 0.3) is 0 Å². The fourth-order valence-electron chi connectivity index (χ4n) is 3.60. The van der Waals surface area contributed by atoms with Gasteiger partial charge in [0.15, 0.2) is 6.61 Å². The summed E-state index contributed by atoms with van der Waals surface area (Å²) in [5.41, 5.74) is 4.88. The highest BCUT2D eigenvalue weighted by molar-refractivity contribution is 8.19. The van der Waals surface area contributed by atoms with Gasteiger partial charge in [-0.25, -0.2) is 9.82 Å². The van der Waals surface area contributed by atoms with Crippen LogP contribution in [0.5, 0.6) is 5.75 Å². The third-order valence-corrected chi connectivity index (χ3v) is 8.35. The van der Waals surface area contributed by atoms with Crippen LogP contribution >= 0.6 is 23.5 Å². The molecule has 0 unspecified atom stereocenters. The van der Waals surface area contributed by atoms with Crippen molar-refractivity contribution in [2.24, 2.45) is 5.10 Å². The molecule has 8 heteroatoms. The summed E-state index contributed by atoms with van der Waals surface area (Å²) in [5, 5.41) is 3.86. The number of hydrazone groups is 1. The molecular weight excluding hydrogens is 433 g/mol. The van der Waals surface area contributed by atoms with Crippen LogP contribution in [0.15, 0.2) is 47.6 Å². The van der Waals surface area contributed by atoms with Gasteiger partial charge in [0.05, 0.1) is 10.8 Å². The number of carbonyl (C=O) groups excluding carboxylic acids is 1. The number of benzene rings is 2. The Bertz CT molecular complexity index is 912. The molecule has 4 rings (SSSR count). The summed E-state index contributed by atoms with van der Waals surface area (Å²) in [7, 11) is 0. The number of ether oxygens (including phenoxy) is 1. The van der Waals surface area contributed by atoms with Gasteiger partial charge in [0.1, 0.15) is 11.6 Å². The van der Waals surface area contributed by atoms with Crippen LogP contribution in [0.4, 0.5) is 10.1 Å². The molecule has 2 aromatic carbocycles. The zero-order chi connectivity index (χ0) is 21.5. The molecule has 5 nitrogen and oxygen atoms in total. The van der Waals surface area contributed by atoms with E-state index in [4.69, 9.17) is 4.74 Å². The molecule has 1 amide bonds. The second kappa shape index (κ2) is 10.9. The molecule has 0 bridgehead atoms. The zero-order valence-corrected chi connectivity index (χ0v) is 18.9. The Morgan fingerprint density at radius 3 is 2.58 bits per heavy atom. The van der Waals surface area contributed by atoms with E-state index in [1.807, 2.05) is 53.9 Å². The van der Waals surface area contributed by atoms with E-state index in [9.17, 15) is 9.18 Å². The number of carbonyl (C=O) groups is 1. The maximum absolute atomic E-state index is 14.4. The number of thioether (sulfide) groups is 2. The van der Waals surface area contributed by atoms with Crippen molar-refractivity contribution in [1.29, 1.82) is 0 Å². The maximum Gasteiger partial charge on any atom is 0.277 e. The van der Waals surface area contributed by atoms with Gasteiger partial charge in [-0.1, -0.05) is 12.1 Å². The molecule has 0 saturated carbocycles. The summed E-state index contributed by atoms with van der Waals surface area (Å²) in [6.45, 7) is 1.77. The van der Waals surface area contributed by atoms with Gasteiger partial charge in [-0.05, 0) is 55.2 Å². The number of halogens is 1. The van der Waals surface area contributed by atoms with E-state index in [2.05, 4.69) is 15.4 Å². The minimum atomic E-state index is -0.396. The number of rotatable bonds is 7. The van der Waals surface area contributed by atoms with Gasteiger partial charge < -0.3 is 9.64 Å². The monoisotopic (exact) mass is 459 g/mol. The van der Waals surface area contributed by atoms with Gasteiger partial charge in [0.2, 0.25) is 0 Å². The van der Waals surface area contributed by atoms with Crippen LogP contribution in [0.3, 0.4) is 0 Å². The van der Waals surface area contributed by atoms with Crippen LogP contribution in [-0.4, -0.2) is 43.3 Å². The molecule has 0 aliphatic carbocycles. The van der Waals surface area contributed by atoms with Gasteiger partial charge in [-0.3, -0.25) is 4.79 Å². The van der Waals surface area contributed by atoms with E-state index >= 15 is 0 Å². The smallest absolute Gasteiger partial charge is 0.277 e. The Kier molecular flexibility index (Phi) is 7.75. The lowest BCUT2D eigenvalue weighted by atomic mass is 10.1. The summed E-state index contributed by atoms with van der Waals surface area (Å²) in [6.07, 6.45) is 4.83. The van der Waals surface area contributed by atoms with E-state index in [0.717, 1.165) is 31.6 Å². The van der Waals surface area contributed by atoms with E-state index in [1.165, 1.54) is 35.8 Å². The van der Waals surface area contributed by atoms with E-state index in [1.54, 1.807) is 6.07 Å². The normalized spacial score (nSPS) is 17.3. The second-order valence-corrected chi connectivity index (χ2v) is 10.2. The van der Waals surface area contributed by atoms with Crippen molar-refractivity contribution >= 4 is 41.3 Å². The Balaban J connectivity index is 1.23. The van der Waals surface area contributed by atoms with Crippen molar-refractivity contribution < 1.29 is 13.9 Å². The fourth-order valence-corrected chi connectivity index (χ4v) is 6.46. The first-order valence-electron chi connectivity index (χ1n) is 10.5. The Morgan fingerprint density at radius 2 is 1.87 bits per heavy atom. The second-order valence-electron chi connectivity index (χ2n) is 7.48. The summed E-state index contributed by atoms with van der Waals surface area (Å²) < 4.78 is 20.4. The molecule has 2 heterocycles. The molecule has 164 valence electrons. The highest BCUT2D eigenvalue weighted by Gasteiger charge is 2.18. The zero-order valence-electron chi connectivity index (χ0n) is 17.3. The molecule has 0 radical (unpaired) electrons. The molecule has 2 fully saturated rings. The first-order chi connectivity index (χ1) is 15.2. The lowest BCUT2D eigenvalue weighted by Crippen LogP contribution is -2.29. The minimum Gasteiger partial charge on any atom is -0.484 e. The molecule has 2 aliphatic heterocycles. The highest BCUT2D eigenvalue weighted by atomic mass is 32.2. The first-order valence-corrected chi connectivity index (χ1v) is 12.6. The largest absolute Gasteiger partial charge is 0.484 e. The molecule has 2 aliphatic rings. The van der Waals surface area contributed by atoms with E-state index in [-0.39, 0.29) is 12.4 Å². The van der Waals surface area contributed by atoms with Crippen molar-refractivity contribution in [2.45, 2.75) is 23.8 Å². The Hall–Kier alpha value is -2.19. The van der Waals surface area contributed by atoms with Gasteiger partial charge >= 0.3 is 0 Å². The van der Waals surface area contributed by atoms with Crippen LogP contribution < -0.4 is 15.1 Å². The van der Waals surface area contributed by atoms with Crippen molar-refractivity contribution in [2.75, 3.05) is 36.1 Å². The van der Waals surface area contributed by atoms with Gasteiger partial charge in [-0.2, -0.15) is 5.10 Å². The lowest BCUT2D eigenvalue weighted by Gasteiger charge is -2.28. The number of hydrogen-bond acceptors (Lipinski definition) is 6. The Morgan fingerprint density at radius 1 is 1.13 bits per heavy atom. The summed E-state index contributed by atoms with van der Waals surface area (Å²) in [4.78, 5) is 14.2. The molecule has 0 aromatic heterocycles. The minimum absolute atomic E-state index is 0.153. The first kappa shape index (κ1) is 22.0. The van der Waals surface area contributed by atoms with E-state index in [0.29, 0.717) is 15.9 Å². The lowest BCUT2D eigenvalue weighted by molar-refractivity contribution is -0.123. The third kappa shape index (κ3) is 6.17. The highest BCUT2D eigenvalue weighted by Crippen LogP contribution is 2.45. The van der Waals surface area contributed by atoms with Crippen molar-refractivity contribution in [3.63, 3.8) is 0 Å². The number of amides is 1. The molecule has 31 heavy (non-hydrogen) atoms. The molecule has 1 N–H and O–H groups in total. The quantitative estimate of drug-likeness (QED) is 0.475. The SMILES string of the molecule is O=C(COc1ccc(C2SCCS2)cc1)N/N=C\c1ccc(N2CCCCC2)cc1F. The Labute approximate surface area is 190 Å². The average molecular weight is 460 g/mol. The number of hydrogen-bond donors (Lipinski definition) is 1. The van der Waals surface area contributed by atoms with Crippen molar-refractivity contribution in [3.8, 4) is 5.75 Å². The predicted molar refractivity (Wildman–Crippen MR) is 128 cm³/mol. The molecule has 2 saturated heterocycles. The number of piperidine rings is 1. The van der Waals surface area contributed by atoms with E-state index < -0.39 is 5.91 Å². The van der Waals surface area contributed by atoms with Crippen molar-refractivity contribution in [3.05, 3.63) is 59.4 Å². The number of anilines is 1. The van der Waals surface area contributed by atoms with Crippen LogP contribution in [-0.2, 0) is 4.79 Å². The topological polar surface area (TPSA) is 53.9 Å². The molecule has 0 spiro atoms. The van der Waals surface area contributed by atoms with Crippen molar-refractivity contribution in [1.82, 2.24) is 5.43 Å². The van der Waals surface area contributed by atoms with Crippen LogP contribution in [0, 0.1) is 5.82 Å². The predicted octanol–water partition coefficient (Wildman–Crippen LogP) is 4.82. The standard InChI is InChI=1S/C23H26FN3O2S2/c24-21-14-19(27-10-2-1-3-11-27)7-4-18(21)15-25-26-22(28)16-29-20-8-5-17(6-9-20)23-30-12-13-31-23/h4-9,14-15,23H,1-3,10-13,16H2,(H,26,28)/b25-15-. The average Bonchev–Trinajstić information content (AvgIpc) is 3.35. The summed E-state index contributed by atoms with van der Waals surface area (Å²) in [5.74, 6) is 2.25. The fraction of sp³-hybridized carbons (Fsp3) is 0.391. The van der Waals surface area contributed by atoms with Gasteiger partial charge in [0.25, 0.3) is 5.91 Å². The van der Waals surface area contributed by atoms with Gasteiger partial charge in [0, 0.05) is 35.8 Å².